The van der Waals surface area contributed by atoms with Crippen LogP contribution in [0.1, 0.15) is 50.2 Å². The molecule has 0 aliphatic carbocycles. The predicted molar refractivity (Wildman–Crippen MR) is 145 cm³/mol. The van der Waals surface area contributed by atoms with Crippen LogP contribution in [0.3, 0.4) is 0 Å². The number of anilines is 1. The van der Waals surface area contributed by atoms with Crippen LogP contribution in [0.25, 0.3) is 0 Å². The maximum atomic E-state index is 12.9. The quantitative estimate of drug-likeness (QED) is 0.294. The Morgan fingerprint density at radius 3 is 2.53 bits per heavy atom. The number of hydrogen-bond acceptors (Lipinski definition) is 5. The Kier molecular flexibility index (Phi) is 8.64. The molecule has 3 aromatic rings. The predicted octanol–water partition coefficient (Wildman–Crippen LogP) is 4.73. The summed E-state index contributed by atoms with van der Waals surface area (Å²) in [5, 5.41) is 16.6. The van der Waals surface area contributed by atoms with Crippen LogP contribution in [0.15, 0.2) is 76.3 Å². The highest BCUT2D eigenvalue weighted by atomic mass is 79.9. The summed E-state index contributed by atoms with van der Waals surface area (Å²) in [5.74, 6) is -0.736. The number of amides is 2. The van der Waals surface area contributed by atoms with Gasteiger partial charge in [0.1, 0.15) is 0 Å². The Morgan fingerprint density at radius 2 is 1.81 bits per heavy atom. The van der Waals surface area contributed by atoms with Crippen molar-refractivity contribution < 1.29 is 14.7 Å². The highest BCUT2D eigenvalue weighted by Crippen LogP contribution is 2.22. The molecule has 186 valence electrons. The SMILES string of the molecule is Cc1cccc(C=NNC(=O)c2cc(Br)ccc2NC(=O)c2ccc(CN3CCC(O)CC3)cc2)c1. The summed E-state index contributed by atoms with van der Waals surface area (Å²) in [6.45, 7) is 4.51. The minimum absolute atomic E-state index is 0.196. The number of nitrogens with zero attached hydrogens (tertiary/aromatic N) is 2. The van der Waals surface area contributed by atoms with E-state index in [1.165, 1.54) is 0 Å². The van der Waals surface area contributed by atoms with E-state index in [1.54, 1.807) is 36.5 Å². The summed E-state index contributed by atoms with van der Waals surface area (Å²) in [6.07, 6.45) is 2.97. The fourth-order valence-electron chi connectivity index (χ4n) is 4.08. The van der Waals surface area contributed by atoms with E-state index >= 15 is 0 Å². The second kappa shape index (κ2) is 12.1. The Hall–Kier alpha value is -3.33. The summed E-state index contributed by atoms with van der Waals surface area (Å²) in [6, 6.07) is 20.3. The molecule has 0 saturated carbocycles. The second-order valence-electron chi connectivity index (χ2n) is 8.96. The van der Waals surface area contributed by atoms with Gasteiger partial charge in [-0.15, -0.1) is 0 Å². The molecule has 0 spiro atoms. The van der Waals surface area contributed by atoms with Crippen LogP contribution in [-0.4, -0.2) is 47.2 Å². The van der Waals surface area contributed by atoms with Crippen molar-refractivity contribution in [3.8, 4) is 0 Å². The number of rotatable bonds is 7. The van der Waals surface area contributed by atoms with Gasteiger partial charge in [-0.2, -0.15) is 5.10 Å². The zero-order chi connectivity index (χ0) is 25.5. The molecule has 2 amide bonds. The molecular weight excluding hydrogens is 520 g/mol. The standard InChI is InChI=1S/C28H29BrN4O3/c1-19-3-2-4-21(15-19)17-30-32-28(36)25-16-23(29)9-10-26(25)31-27(35)22-7-5-20(6-8-22)18-33-13-11-24(34)12-14-33/h2-10,15-17,24,34H,11-14,18H2,1H3,(H,31,35)(H,32,36). The maximum absolute atomic E-state index is 12.9. The fraction of sp³-hybridized carbons (Fsp3) is 0.250. The van der Waals surface area contributed by atoms with Crippen molar-refractivity contribution in [3.63, 3.8) is 0 Å². The van der Waals surface area contributed by atoms with Gasteiger partial charge >= 0.3 is 0 Å². The van der Waals surface area contributed by atoms with Gasteiger partial charge in [-0.1, -0.05) is 57.9 Å². The normalized spacial score (nSPS) is 14.6. The van der Waals surface area contributed by atoms with Crippen LogP contribution in [-0.2, 0) is 6.54 Å². The van der Waals surface area contributed by atoms with Crippen LogP contribution in [0.4, 0.5) is 5.69 Å². The molecule has 0 radical (unpaired) electrons. The maximum Gasteiger partial charge on any atom is 0.273 e. The molecule has 1 fully saturated rings. The Labute approximate surface area is 219 Å². The van der Waals surface area contributed by atoms with Gasteiger partial charge in [-0.3, -0.25) is 14.5 Å². The molecule has 1 saturated heterocycles. The average molecular weight is 549 g/mol. The van der Waals surface area contributed by atoms with E-state index in [4.69, 9.17) is 0 Å². The number of benzene rings is 3. The molecule has 8 heteroatoms. The smallest absolute Gasteiger partial charge is 0.273 e. The number of carbonyl (C=O) groups is 2. The lowest BCUT2D eigenvalue weighted by atomic mass is 10.1. The van der Waals surface area contributed by atoms with E-state index < -0.39 is 5.91 Å². The Bertz CT molecular complexity index is 1250. The van der Waals surface area contributed by atoms with Gasteiger partial charge in [0.15, 0.2) is 0 Å². The van der Waals surface area contributed by atoms with Crippen molar-refractivity contribution in [2.75, 3.05) is 18.4 Å². The molecule has 36 heavy (non-hydrogen) atoms. The summed E-state index contributed by atoms with van der Waals surface area (Å²) in [7, 11) is 0. The number of hydrogen-bond donors (Lipinski definition) is 3. The lowest BCUT2D eigenvalue weighted by Crippen LogP contribution is -2.35. The van der Waals surface area contributed by atoms with E-state index in [9.17, 15) is 14.7 Å². The summed E-state index contributed by atoms with van der Waals surface area (Å²) in [4.78, 5) is 28.1. The highest BCUT2D eigenvalue weighted by Gasteiger charge is 2.18. The molecule has 1 aliphatic heterocycles. The van der Waals surface area contributed by atoms with Crippen molar-refractivity contribution in [2.45, 2.75) is 32.4 Å². The van der Waals surface area contributed by atoms with E-state index in [-0.39, 0.29) is 12.0 Å². The molecule has 3 N–H and O–H groups in total. The van der Waals surface area contributed by atoms with Crippen LogP contribution in [0.2, 0.25) is 0 Å². The first kappa shape index (κ1) is 25.8. The number of aliphatic hydroxyl groups excluding tert-OH is 1. The van der Waals surface area contributed by atoms with Crippen LogP contribution in [0.5, 0.6) is 0 Å². The molecule has 0 aromatic heterocycles. The summed E-state index contributed by atoms with van der Waals surface area (Å²) in [5.41, 5.74) is 6.80. The average Bonchev–Trinajstić information content (AvgIpc) is 2.87. The third kappa shape index (κ3) is 7.10. The van der Waals surface area contributed by atoms with Crippen molar-refractivity contribution in [1.29, 1.82) is 0 Å². The molecule has 4 rings (SSSR count). The van der Waals surface area contributed by atoms with Crippen LogP contribution < -0.4 is 10.7 Å². The number of halogens is 1. The van der Waals surface area contributed by atoms with Gasteiger partial charge in [-0.25, -0.2) is 5.43 Å². The monoisotopic (exact) mass is 548 g/mol. The molecule has 7 nitrogen and oxygen atoms in total. The number of likely N-dealkylation sites (tertiary alicyclic amines) is 1. The van der Waals surface area contributed by atoms with E-state index in [0.29, 0.717) is 21.3 Å². The zero-order valence-electron chi connectivity index (χ0n) is 20.1. The Balaban J connectivity index is 1.40. The van der Waals surface area contributed by atoms with Gasteiger partial charge in [0.2, 0.25) is 0 Å². The van der Waals surface area contributed by atoms with Gasteiger partial charge < -0.3 is 10.4 Å². The second-order valence-corrected chi connectivity index (χ2v) is 9.88. The first-order valence-electron chi connectivity index (χ1n) is 11.9. The Morgan fingerprint density at radius 1 is 1.06 bits per heavy atom. The third-order valence-corrected chi connectivity index (χ3v) is 6.57. The molecule has 3 aromatic carbocycles. The van der Waals surface area contributed by atoms with Crippen molar-refractivity contribution in [1.82, 2.24) is 10.3 Å². The zero-order valence-corrected chi connectivity index (χ0v) is 21.7. The number of piperidine rings is 1. The van der Waals surface area contributed by atoms with Gasteiger partial charge in [-0.05, 0) is 61.2 Å². The highest BCUT2D eigenvalue weighted by molar-refractivity contribution is 9.10. The number of hydrazone groups is 1. The first-order valence-corrected chi connectivity index (χ1v) is 12.7. The fourth-order valence-corrected chi connectivity index (χ4v) is 4.44. The number of nitrogens with one attached hydrogen (secondary N) is 2. The van der Waals surface area contributed by atoms with Gasteiger partial charge in [0.25, 0.3) is 11.8 Å². The summed E-state index contributed by atoms with van der Waals surface area (Å²) < 4.78 is 0.711. The number of aliphatic hydroxyl groups is 1. The first-order chi connectivity index (χ1) is 17.4. The van der Waals surface area contributed by atoms with E-state index in [2.05, 4.69) is 36.7 Å². The van der Waals surface area contributed by atoms with Crippen molar-refractivity contribution in [2.24, 2.45) is 5.10 Å². The lowest BCUT2D eigenvalue weighted by molar-refractivity contribution is 0.0792. The van der Waals surface area contributed by atoms with Gasteiger partial charge in [0.05, 0.1) is 23.6 Å². The minimum Gasteiger partial charge on any atom is -0.393 e. The molecule has 1 aliphatic rings. The summed E-state index contributed by atoms with van der Waals surface area (Å²) >= 11 is 3.39. The number of aryl methyl sites for hydroxylation is 1. The van der Waals surface area contributed by atoms with E-state index in [0.717, 1.165) is 49.2 Å². The molecule has 0 bridgehead atoms. The van der Waals surface area contributed by atoms with Crippen LogP contribution >= 0.6 is 15.9 Å². The third-order valence-electron chi connectivity index (χ3n) is 6.08. The minimum atomic E-state index is -0.433. The van der Waals surface area contributed by atoms with Gasteiger partial charge in [0, 0.05) is 29.7 Å². The van der Waals surface area contributed by atoms with Crippen molar-refractivity contribution >= 4 is 39.6 Å². The molecule has 0 unspecified atom stereocenters. The molecule has 0 atom stereocenters. The molecule has 1 heterocycles. The lowest BCUT2D eigenvalue weighted by Gasteiger charge is -2.29. The van der Waals surface area contributed by atoms with Crippen molar-refractivity contribution in [3.05, 3.63) is 99.0 Å². The topological polar surface area (TPSA) is 94.0 Å². The van der Waals surface area contributed by atoms with E-state index in [1.807, 2.05) is 43.3 Å². The molecular formula is C28H29BrN4O3. The number of carbonyl (C=O) groups excluding carboxylic acids is 2. The van der Waals surface area contributed by atoms with Crippen LogP contribution in [0, 0.1) is 6.92 Å². The largest absolute Gasteiger partial charge is 0.393 e.